The van der Waals surface area contributed by atoms with Crippen LogP contribution in [0.1, 0.15) is 16.8 Å². The second kappa shape index (κ2) is 6.89. The number of hydrogen-bond acceptors (Lipinski definition) is 4. The number of halogens is 1. The third-order valence-electron chi connectivity index (χ3n) is 3.69. The van der Waals surface area contributed by atoms with E-state index in [-0.39, 0.29) is 0 Å². The SMILES string of the molecule is Cc1cc(Nc2ccccc2C)nc(Nc2ccc(C)c(Cl)c2)n1. The van der Waals surface area contributed by atoms with Crippen molar-refractivity contribution < 1.29 is 0 Å². The van der Waals surface area contributed by atoms with Crippen molar-refractivity contribution >= 4 is 34.7 Å². The summed E-state index contributed by atoms with van der Waals surface area (Å²) >= 11 is 6.17. The lowest BCUT2D eigenvalue weighted by atomic mass is 10.2. The zero-order valence-electron chi connectivity index (χ0n) is 13.9. The predicted octanol–water partition coefficient (Wildman–Crippen LogP) is 5.54. The van der Waals surface area contributed by atoms with Gasteiger partial charge in [0.1, 0.15) is 5.82 Å². The van der Waals surface area contributed by atoms with Gasteiger partial charge in [0, 0.05) is 28.2 Å². The van der Waals surface area contributed by atoms with E-state index in [1.54, 1.807) is 0 Å². The first kappa shape index (κ1) is 16.3. The van der Waals surface area contributed by atoms with E-state index in [9.17, 15) is 0 Å². The van der Waals surface area contributed by atoms with Crippen LogP contribution < -0.4 is 10.6 Å². The van der Waals surface area contributed by atoms with E-state index >= 15 is 0 Å². The highest BCUT2D eigenvalue weighted by Gasteiger charge is 2.06. The Morgan fingerprint density at radius 1 is 0.833 bits per heavy atom. The predicted molar refractivity (Wildman–Crippen MR) is 101 cm³/mol. The van der Waals surface area contributed by atoms with Gasteiger partial charge < -0.3 is 10.6 Å². The number of anilines is 4. The molecular formula is C19H19ClN4. The Hall–Kier alpha value is -2.59. The molecule has 0 spiro atoms. The fourth-order valence-corrected chi connectivity index (χ4v) is 2.52. The lowest BCUT2D eigenvalue weighted by molar-refractivity contribution is 1.11. The molecule has 0 aliphatic rings. The van der Waals surface area contributed by atoms with Crippen molar-refractivity contribution in [2.24, 2.45) is 0 Å². The molecule has 0 aliphatic carbocycles. The first-order chi connectivity index (χ1) is 11.5. The highest BCUT2D eigenvalue weighted by molar-refractivity contribution is 6.31. The van der Waals surface area contributed by atoms with Gasteiger partial charge in [-0.3, -0.25) is 0 Å². The van der Waals surface area contributed by atoms with Crippen molar-refractivity contribution in [1.82, 2.24) is 9.97 Å². The van der Waals surface area contributed by atoms with Gasteiger partial charge in [-0.15, -0.1) is 0 Å². The van der Waals surface area contributed by atoms with Gasteiger partial charge in [-0.1, -0.05) is 35.9 Å². The van der Waals surface area contributed by atoms with Crippen LogP contribution in [0.3, 0.4) is 0 Å². The molecule has 0 saturated carbocycles. The summed E-state index contributed by atoms with van der Waals surface area (Å²) in [5.41, 5.74) is 4.96. The van der Waals surface area contributed by atoms with Crippen molar-refractivity contribution in [2.75, 3.05) is 10.6 Å². The van der Waals surface area contributed by atoms with Crippen LogP contribution in [0.25, 0.3) is 0 Å². The van der Waals surface area contributed by atoms with Gasteiger partial charge in [-0.05, 0) is 50.1 Å². The third kappa shape index (κ3) is 3.84. The summed E-state index contributed by atoms with van der Waals surface area (Å²) in [6.07, 6.45) is 0. The number of aromatic nitrogens is 2. The van der Waals surface area contributed by atoms with E-state index in [1.165, 1.54) is 0 Å². The molecule has 2 aromatic carbocycles. The number of hydrogen-bond donors (Lipinski definition) is 2. The fraction of sp³-hybridized carbons (Fsp3) is 0.158. The average Bonchev–Trinajstić information content (AvgIpc) is 2.53. The van der Waals surface area contributed by atoms with E-state index in [2.05, 4.69) is 33.6 Å². The molecule has 122 valence electrons. The minimum Gasteiger partial charge on any atom is -0.340 e. The van der Waals surface area contributed by atoms with Gasteiger partial charge in [0.2, 0.25) is 5.95 Å². The third-order valence-corrected chi connectivity index (χ3v) is 4.10. The lowest BCUT2D eigenvalue weighted by Gasteiger charge is -2.12. The summed E-state index contributed by atoms with van der Waals surface area (Å²) in [4.78, 5) is 8.98. The number of rotatable bonds is 4. The summed E-state index contributed by atoms with van der Waals surface area (Å²) in [6, 6.07) is 15.8. The normalized spacial score (nSPS) is 10.5. The largest absolute Gasteiger partial charge is 0.340 e. The molecule has 3 aromatic rings. The van der Waals surface area contributed by atoms with Crippen LogP contribution in [0.5, 0.6) is 0 Å². The first-order valence-electron chi connectivity index (χ1n) is 7.73. The zero-order valence-corrected chi connectivity index (χ0v) is 14.6. The van der Waals surface area contributed by atoms with Crippen LogP contribution in [0.4, 0.5) is 23.1 Å². The summed E-state index contributed by atoms with van der Waals surface area (Å²) in [6.45, 7) is 5.97. The van der Waals surface area contributed by atoms with E-state index in [0.717, 1.165) is 34.0 Å². The van der Waals surface area contributed by atoms with E-state index in [0.29, 0.717) is 11.0 Å². The molecule has 1 aromatic heterocycles. The highest BCUT2D eigenvalue weighted by Crippen LogP contribution is 2.24. The second-order valence-corrected chi connectivity index (χ2v) is 6.15. The monoisotopic (exact) mass is 338 g/mol. The Bertz CT molecular complexity index is 877. The molecule has 4 nitrogen and oxygen atoms in total. The highest BCUT2D eigenvalue weighted by atomic mass is 35.5. The standard InChI is InChI=1S/C19H19ClN4/c1-12-8-9-15(11-16(12)20)22-19-21-14(3)10-18(24-19)23-17-7-5-4-6-13(17)2/h4-11H,1-3H3,(H2,21,22,23,24). The maximum Gasteiger partial charge on any atom is 0.229 e. The van der Waals surface area contributed by atoms with Crippen LogP contribution in [0.15, 0.2) is 48.5 Å². The quantitative estimate of drug-likeness (QED) is 0.655. The molecule has 5 heteroatoms. The average molecular weight is 339 g/mol. The molecule has 1 heterocycles. The van der Waals surface area contributed by atoms with Crippen molar-refractivity contribution in [3.05, 3.63) is 70.4 Å². The van der Waals surface area contributed by atoms with Gasteiger partial charge in [0.15, 0.2) is 0 Å². The van der Waals surface area contributed by atoms with Crippen molar-refractivity contribution in [3.63, 3.8) is 0 Å². The van der Waals surface area contributed by atoms with Gasteiger partial charge in [-0.25, -0.2) is 4.98 Å². The van der Waals surface area contributed by atoms with Gasteiger partial charge in [0.25, 0.3) is 0 Å². The summed E-state index contributed by atoms with van der Waals surface area (Å²) in [5.74, 6) is 1.28. The molecule has 24 heavy (non-hydrogen) atoms. The Labute approximate surface area is 146 Å². The summed E-state index contributed by atoms with van der Waals surface area (Å²) in [5, 5.41) is 7.26. The zero-order chi connectivity index (χ0) is 17.1. The molecule has 0 bridgehead atoms. The maximum atomic E-state index is 6.17. The maximum absolute atomic E-state index is 6.17. The van der Waals surface area contributed by atoms with E-state index in [1.807, 2.05) is 56.3 Å². The molecule has 2 N–H and O–H groups in total. The minimum absolute atomic E-state index is 0.533. The Balaban J connectivity index is 1.86. The number of benzene rings is 2. The molecule has 0 atom stereocenters. The molecular weight excluding hydrogens is 320 g/mol. The summed E-state index contributed by atoms with van der Waals surface area (Å²) < 4.78 is 0. The first-order valence-corrected chi connectivity index (χ1v) is 8.10. The summed E-state index contributed by atoms with van der Waals surface area (Å²) in [7, 11) is 0. The molecule has 0 saturated heterocycles. The number of nitrogens with one attached hydrogen (secondary N) is 2. The number of nitrogens with zero attached hydrogens (tertiary/aromatic N) is 2. The molecule has 0 fully saturated rings. The van der Waals surface area contributed by atoms with Crippen LogP contribution in [0, 0.1) is 20.8 Å². The van der Waals surface area contributed by atoms with E-state index in [4.69, 9.17) is 11.6 Å². The van der Waals surface area contributed by atoms with Crippen molar-refractivity contribution in [2.45, 2.75) is 20.8 Å². The van der Waals surface area contributed by atoms with E-state index < -0.39 is 0 Å². The van der Waals surface area contributed by atoms with Gasteiger partial charge in [-0.2, -0.15) is 4.98 Å². The smallest absolute Gasteiger partial charge is 0.229 e. The fourth-order valence-electron chi connectivity index (χ4n) is 2.34. The lowest BCUT2D eigenvalue weighted by Crippen LogP contribution is -2.03. The van der Waals surface area contributed by atoms with Crippen LogP contribution >= 0.6 is 11.6 Å². The number of para-hydroxylation sites is 1. The molecule has 0 aliphatic heterocycles. The van der Waals surface area contributed by atoms with Crippen molar-refractivity contribution in [1.29, 1.82) is 0 Å². The van der Waals surface area contributed by atoms with Gasteiger partial charge >= 0.3 is 0 Å². The number of aryl methyl sites for hydroxylation is 3. The topological polar surface area (TPSA) is 49.8 Å². The van der Waals surface area contributed by atoms with Crippen LogP contribution in [-0.4, -0.2) is 9.97 Å². The van der Waals surface area contributed by atoms with Crippen molar-refractivity contribution in [3.8, 4) is 0 Å². The molecule has 0 amide bonds. The molecule has 0 unspecified atom stereocenters. The van der Waals surface area contributed by atoms with Crippen LogP contribution in [0.2, 0.25) is 5.02 Å². The minimum atomic E-state index is 0.533. The Morgan fingerprint density at radius 3 is 2.38 bits per heavy atom. The second-order valence-electron chi connectivity index (χ2n) is 5.75. The molecule has 3 rings (SSSR count). The Kier molecular flexibility index (Phi) is 4.67. The Morgan fingerprint density at radius 2 is 1.62 bits per heavy atom. The van der Waals surface area contributed by atoms with Gasteiger partial charge in [0.05, 0.1) is 0 Å². The van der Waals surface area contributed by atoms with Crippen LogP contribution in [-0.2, 0) is 0 Å². The molecule has 0 radical (unpaired) electrons.